The highest BCUT2D eigenvalue weighted by molar-refractivity contribution is 6.04. The fourth-order valence-corrected chi connectivity index (χ4v) is 4.48. The zero-order valence-corrected chi connectivity index (χ0v) is 21.9. The van der Waals surface area contributed by atoms with Crippen LogP contribution in [0.15, 0.2) is 42.6 Å². The number of hydrogen-bond acceptors (Lipinski definition) is 7. The molecule has 4 N–H and O–H groups in total. The molecule has 2 aromatic carbocycles. The molecule has 0 saturated carbocycles. The number of amides is 1. The van der Waals surface area contributed by atoms with Crippen LogP contribution >= 0.6 is 0 Å². The molecule has 5 rings (SSSR count). The Hall–Kier alpha value is -4.47. The fourth-order valence-electron chi connectivity index (χ4n) is 4.48. The van der Waals surface area contributed by atoms with Crippen LogP contribution in [0.5, 0.6) is 0 Å². The van der Waals surface area contributed by atoms with E-state index in [2.05, 4.69) is 42.2 Å². The number of halogens is 3. The van der Waals surface area contributed by atoms with Crippen molar-refractivity contribution in [1.82, 2.24) is 30.0 Å². The summed E-state index contributed by atoms with van der Waals surface area (Å²) < 4.78 is 41.9. The van der Waals surface area contributed by atoms with Crippen LogP contribution in [0.2, 0.25) is 0 Å². The second-order valence-electron chi connectivity index (χ2n) is 9.75. The van der Waals surface area contributed by atoms with E-state index < -0.39 is 17.6 Å². The van der Waals surface area contributed by atoms with Gasteiger partial charge in [-0.15, -0.1) is 0 Å². The fraction of sp³-hybridized carbons (Fsp3) is 0.286. The Morgan fingerprint density at radius 1 is 1.10 bits per heavy atom. The lowest BCUT2D eigenvalue weighted by atomic mass is 10.0. The van der Waals surface area contributed by atoms with Crippen LogP contribution < -0.4 is 11.1 Å². The highest BCUT2D eigenvalue weighted by Gasteiger charge is 2.34. The molecule has 206 valence electrons. The molecule has 1 aliphatic rings. The van der Waals surface area contributed by atoms with Crippen LogP contribution in [0.1, 0.15) is 38.3 Å². The van der Waals surface area contributed by atoms with Gasteiger partial charge < -0.3 is 16.0 Å². The van der Waals surface area contributed by atoms with Crippen LogP contribution in [0.4, 0.5) is 24.8 Å². The molecule has 1 amide bonds. The van der Waals surface area contributed by atoms with Gasteiger partial charge in [-0.3, -0.25) is 14.8 Å². The maximum Gasteiger partial charge on any atom is 0.416 e. The van der Waals surface area contributed by atoms with Gasteiger partial charge in [-0.2, -0.15) is 23.3 Å². The summed E-state index contributed by atoms with van der Waals surface area (Å²) in [4.78, 5) is 25.4. The van der Waals surface area contributed by atoms with Crippen LogP contribution in [0.25, 0.3) is 11.0 Å². The Morgan fingerprint density at radius 2 is 1.88 bits per heavy atom. The molecule has 0 unspecified atom stereocenters. The number of aromatic amines is 1. The van der Waals surface area contributed by atoms with E-state index in [-0.39, 0.29) is 29.3 Å². The van der Waals surface area contributed by atoms with E-state index in [0.717, 1.165) is 24.7 Å². The Bertz CT molecular complexity index is 1630. The van der Waals surface area contributed by atoms with E-state index in [0.29, 0.717) is 35.4 Å². The third-order valence-corrected chi connectivity index (χ3v) is 6.81. The summed E-state index contributed by atoms with van der Waals surface area (Å²) in [6, 6.07) is 8.84. The van der Waals surface area contributed by atoms with Crippen molar-refractivity contribution in [2.24, 2.45) is 0 Å². The van der Waals surface area contributed by atoms with Crippen molar-refractivity contribution in [3.8, 4) is 11.8 Å². The van der Waals surface area contributed by atoms with Crippen LogP contribution in [-0.4, -0.2) is 69.1 Å². The highest BCUT2D eigenvalue weighted by Crippen LogP contribution is 2.34. The minimum atomic E-state index is -4.56. The van der Waals surface area contributed by atoms with E-state index in [4.69, 9.17) is 5.73 Å². The van der Waals surface area contributed by atoms with Gasteiger partial charge in [0.25, 0.3) is 5.91 Å². The second kappa shape index (κ2) is 11.0. The number of fused-ring (bicyclic) bond motifs is 1. The van der Waals surface area contributed by atoms with Crippen molar-refractivity contribution < 1.29 is 18.0 Å². The average molecular weight is 549 g/mol. The molecule has 9 nitrogen and oxygen atoms in total. The molecule has 0 aliphatic carbocycles. The van der Waals surface area contributed by atoms with Gasteiger partial charge in [0.2, 0.25) is 5.95 Å². The Balaban J connectivity index is 1.36. The maximum atomic E-state index is 14.0. The normalized spacial score (nSPS) is 14.6. The molecule has 1 aliphatic heterocycles. The third kappa shape index (κ3) is 6.06. The molecular formula is C28H27F3N8O. The van der Waals surface area contributed by atoms with Gasteiger partial charge >= 0.3 is 6.18 Å². The lowest BCUT2D eigenvalue weighted by Gasteiger charge is -2.33. The molecule has 4 aromatic rings. The zero-order chi connectivity index (χ0) is 28.4. The number of nitrogen functional groups attached to an aromatic ring is 1. The standard InChI is InChI=1S/C28H27F3N8O/c1-17-3-4-19(13-18(17)6-8-24-22-15-33-37-25(22)36-27(32)35-24)26(40)34-21-7-5-20(23(14-21)28(29,30)31)16-39-11-9-38(2)10-12-39/h3-5,7,13-15H,9-12,16H2,1-2H3,(H,34,40)(H3,32,33,35,36,37). The summed E-state index contributed by atoms with van der Waals surface area (Å²) >= 11 is 0. The Labute approximate surface area is 228 Å². The predicted molar refractivity (Wildman–Crippen MR) is 145 cm³/mol. The maximum absolute atomic E-state index is 14.0. The first-order valence-corrected chi connectivity index (χ1v) is 12.6. The smallest absolute Gasteiger partial charge is 0.368 e. The number of benzene rings is 2. The number of nitrogens with two attached hydrogens (primary N) is 1. The summed E-state index contributed by atoms with van der Waals surface area (Å²) in [7, 11) is 1.99. The number of H-pyrrole nitrogens is 1. The third-order valence-electron chi connectivity index (χ3n) is 6.81. The molecule has 12 heteroatoms. The second-order valence-corrected chi connectivity index (χ2v) is 9.75. The summed E-state index contributed by atoms with van der Waals surface area (Å²) in [5, 5.41) is 9.85. The van der Waals surface area contributed by atoms with E-state index in [1.807, 2.05) is 18.9 Å². The molecule has 2 aromatic heterocycles. The number of nitrogens with zero attached hydrogens (tertiary/aromatic N) is 5. The average Bonchev–Trinajstić information content (AvgIpc) is 3.38. The zero-order valence-electron chi connectivity index (χ0n) is 21.9. The number of carbonyl (C=O) groups excluding carboxylic acids is 1. The monoisotopic (exact) mass is 548 g/mol. The van der Waals surface area contributed by atoms with Crippen LogP contribution in [-0.2, 0) is 12.7 Å². The number of carbonyl (C=O) groups is 1. The molecule has 0 spiro atoms. The molecule has 40 heavy (non-hydrogen) atoms. The summed E-state index contributed by atoms with van der Waals surface area (Å²) in [5.74, 6) is 5.44. The first-order valence-electron chi connectivity index (χ1n) is 12.6. The number of aryl methyl sites for hydroxylation is 1. The first-order chi connectivity index (χ1) is 19.1. The van der Waals surface area contributed by atoms with Gasteiger partial charge in [0.1, 0.15) is 5.69 Å². The number of nitrogens with one attached hydrogen (secondary N) is 2. The molecule has 1 saturated heterocycles. The Morgan fingerprint density at radius 3 is 2.62 bits per heavy atom. The number of piperazine rings is 1. The number of anilines is 2. The molecule has 0 bridgehead atoms. The molecule has 3 heterocycles. The van der Waals surface area contributed by atoms with Crippen molar-refractivity contribution in [2.75, 3.05) is 44.3 Å². The van der Waals surface area contributed by atoms with Crippen molar-refractivity contribution in [2.45, 2.75) is 19.6 Å². The van der Waals surface area contributed by atoms with E-state index in [1.54, 1.807) is 24.4 Å². The van der Waals surface area contributed by atoms with Gasteiger partial charge in [-0.05, 0) is 55.3 Å². The number of aromatic nitrogens is 4. The highest BCUT2D eigenvalue weighted by atomic mass is 19.4. The van der Waals surface area contributed by atoms with Gasteiger partial charge in [-0.1, -0.05) is 18.1 Å². The van der Waals surface area contributed by atoms with Gasteiger partial charge in [0.15, 0.2) is 5.65 Å². The molecular weight excluding hydrogens is 521 g/mol. The number of alkyl halides is 3. The van der Waals surface area contributed by atoms with Crippen LogP contribution in [0, 0.1) is 18.8 Å². The summed E-state index contributed by atoms with van der Waals surface area (Å²) in [5.41, 5.74) is 7.68. The topological polar surface area (TPSA) is 116 Å². The van der Waals surface area contributed by atoms with E-state index in [9.17, 15) is 18.0 Å². The lowest BCUT2D eigenvalue weighted by molar-refractivity contribution is -0.138. The first kappa shape index (κ1) is 27.1. The lowest BCUT2D eigenvalue weighted by Crippen LogP contribution is -2.44. The van der Waals surface area contributed by atoms with Crippen molar-refractivity contribution in [3.63, 3.8) is 0 Å². The summed E-state index contributed by atoms with van der Waals surface area (Å²) in [6.45, 7) is 5.03. The number of hydrogen-bond donors (Lipinski definition) is 3. The SMILES string of the molecule is Cc1ccc(C(=O)Nc2ccc(CN3CCN(C)CC3)c(C(F)(F)F)c2)cc1C#Cc1nc(N)nc2[nH]ncc12. The van der Waals surface area contributed by atoms with Crippen LogP contribution in [0.3, 0.4) is 0 Å². The summed E-state index contributed by atoms with van der Waals surface area (Å²) in [6.07, 6.45) is -3.01. The van der Waals surface area contributed by atoms with Gasteiger partial charge in [-0.25, -0.2) is 4.98 Å². The van der Waals surface area contributed by atoms with E-state index >= 15 is 0 Å². The quantitative estimate of drug-likeness (QED) is 0.334. The van der Waals surface area contributed by atoms with Crippen molar-refractivity contribution in [3.05, 3.63) is 76.1 Å². The molecule has 0 radical (unpaired) electrons. The Kier molecular flexibility index (Phi) is 7.42. The van der Waals surface area contributed by atoms with Gasteiger partial charge in [0, 0.05) is 49.5 Å². The van der Waals surface area contributed by atoms with Gasteiger partial charge in [0.05, 0.1) is 17.1 Å². The number of rotatable bonds is 4. The largest absolute Gasteiger partial charge is 0.416 e. The molecule has 1 fully saturated rings. The van der Waals surface area contributed by atoms with Crippen molar-refractivity contribution >= 4 is 28.6 Å². The number of likely N-dealkylation sites (N-methyl/N-ethyl adjacent to an activating group) is 1. The minimum Gasteiger partial charge on any atom is -0.368 e. The predicted octanol–water partition coefficient (Wildman–Crippen LogP) is 3.66. The minimum absolute atomic E-state index is 0.0404. The molecule has 0 atom stereocenters. The van der Waals surface area contributed by atoms with E-state index in [1.165, 1.54) is 12.1 Å². The van der Waals surface area contributed by atoms with Crippen molar-refractivity contribution in [1.29, 1.82) is 0 Å².